The number of pyridine rings is 3. The van der Waals surface area contributed by atoms with Crippen LogP contribution in [0.5, 0.6) is 0 Å². The van der Waals surface area contributed by atoms with Gasteiger partial charge in [0, 0.05) is 29.2 Å². The van der Waals surface area contributed by atoms with E-state index in [9.17, 15) is 0 Å². The molecule has 7 rings (SSSR count). The third kappa shape index (κ3) is 2.08. The highest BCUT2D eigenvalue weighted by atomic mass is 15.0. The fourth-order valence-corrected chi connectivity index (χ4v) is 5.36. The topological polar surface area (TPSA) is 21.2 Å². The van der Waals surface area contributed by atoms with Crippen molar-refractivity contribution >= 4 is 49.0 Å². The fraction of sp³-hybridized carbons (Fsp3) is 0.0714. The maximum absolute atomic E-state index is 4.45. The molecule has 0 aliphatic rings. The molecule has 0 fully saturated rings. The quantitative estimate of drug-likeness (QED) is 0.184. The van der Waals surface area contributed by atoms with Gasteiger partial charge < -0.3 is 4.40 Å². The summed E-state index contributed by atoms with van der Waals surface area (Å²) in [7, 11) is 2.15. The van der Waals surface area contributed by atoms with Crippen molar-refractivity contribution in [2.24, 2.45) is 7.05 Å². The van der Waals surface area contributed by atoms with Crippen LogP contribution in [0, 0.1) is 6.92 Å². The minimum Gasteiger partial charge on any atom is -0.307 e. The van der Waals surface area contributed by atoms with Crippen molar-refractivity contribution < 1.29 is 4.57 Å². The van der Waals surface area contributed by atoms with Gasteiger partial charge in [0.05, 0.1) is 27.3 Å². The second-order valence-electron chi connectivity index (χ2n) is 8.48. The van der Waals surface area contributed by atoms with Gasteiger partial charge in [-0.3, -0.25) is 4.98 Å². The van der Waals surface area contributed by atoms with Crippen LogP contribution in [0.3, 0.4) is 0 Å². The molecule has 0 aliphatic heterocycles. The number of benzene rings is 3. The SMILES string of the molecule is Cc1ccc2c3cnccc3n3c4cc(-c5ccccc5)cc5cc[n+](C)c(c1c23)c54. The average molecular weight is 398 g/mol. The first-order chi connectivity index (χ1) is 15.2. The Bertz CT molecular complexity index is 1790. The van der Waals surface area contributed by atoms with E-state index in [2.05, 4.69) is 101 Å². The molecule has 0 N–H and O–H groups in total. The monoisotopic (exact) mass is 398 g/mol. The van der Waals surface area contributed by atoms with Gasteiger partial charge in [0.1, 0.15) is 7.05 Å². The lowest BCUT2D eigenvalue weighted by atomic mass is 9.96. The molecule has 0 atom stereocenters. The van der Waals surface area contributed by atoms with Gasteiger partial charge in [0.15, 0.2) is 6.20 Å². The van der Waals surface area contributed by atoms with Gasteiger partial charge in [0.25, 0.3) is 0 Å². The van der Waals surface area contributed by atoms with Crippen LogP contribution in [0.25, 0.3) is 60.1 Å². The van der Waals surface area contributed by atoms with Crippen LogP contribution in [0.1, 0.15) is 5.56 Å². The summed E-state index contributed by atoms with van der Waals surface area (Å²) in [5.74, 6) is 0. The molecule has 0 aliphatic carbocycles. The normalized spacial score (nSPS) is 12.2. The predicted molar refractivity (Wildman–Crippen MR) is 128 cm³/mol. The second kappa shape index (κ2) is 5.79. The lowest BCUT2D eigenvalue weighted by Gasteiger charge is -2.14. The lowest BCUT2D eigenvalue weighted by Crippen LogP contribution is -2.28. The minimum atomic E-state index is 1.20. The summed E-state index contributed by atoms with van der Waals surface area (Å²) < 4.78 is 4.73. The number of hydrogen-bond donors (Lipinski definition) is 0. The molecule has 0 saturated carbocycles. The first-order valence-electron chi connectivity index (χ1n) is 10.6. The van der Waals surface area contributed by atoms with Crippen molar-refractivity contribution in [1.82, 2.24) is 9.38 Å². The van der Waals surface area contributed by atoms with Crippen LogP contribution >= 0.6 is 0 Å². The summed E-state index contributed by atoms with van der Waals surface area (Å²) >= 11 is 0. The Morgan fingerprint density at radius 3 is 2.55 bits per heavy atom. The molecule has 0 spiro atoms. The van der Waals surface area contributed by atoms with Gasteiger partial charge in [-0.1, -0.05) is 42.5 Å². The minimum absolute atomic E-state index is 1.20. The van der Waals surface area contributed by atoms with E-state index in [4.69, 9.17) is 0 Å². The summed E-state index contributed by atoms with van der Waals surface area (Å²) in [6.07, 6.45) is 6.09. The van der Waals surface area contributed by atoms with Crippen LogP contribution in [0.4, 0.5) is 0 Å². The van der Waals surface area contributed by atoms with Crippen LogP contribution in [-0.4, -0.2) is 9.38 Å². The number of aryl methyl sites for hydroxylation is 2. The van der Waals surface area contributed by atoms with Crippen LogP contribution in [0.15, 0.2) is 85.3 Å². The molecule has 0 amide bonds. The Labute approximate surface area is 179 Å². The van der Waals surface area contributed by atoms with Crippen molar-refractivity contribution in [2.75, 3.05) is 0 Å². The first kappa shape index (κ1) is 16.8. The zero-order chi connectivity index (χ0) is 20.7. The van der Waals surface area contributed by atoms with E-state index in [0.29, 0.717) is 0 Å². The Hall–Kier alpha value is -3.98. The van der Waals surface area contributed by atoms with Gasteiger partial charge in [-0.15, -0.1) is 0 Å². The maximum atomic E-state index is 4.45. The Morgan fingerprint density at radius 2 is 1.68 bits per heavy atom. The standard InChI is InChI=1S/C28H20N3/c1-17-8-9-21-22-16-29-12-10-23(22)31-24-15-20(18-6-4-3-5-7-18)14-19-11-13-30(2)28(26(19)24)25(17)27(21)31/h3-16H,1-2H3/q+1. The first-order valence-corrected chi connectivity index (χ1v) is 10.6. The summed E-state index contributed by atoms with van der Waals surface area (Å²) in [6.45, 7) is 2.22. The second-order valence-corrected chi connectivity index (χ2v) is 8.48. The summed E-state index contributed by atoms with van der Waals surface area (Å²) in [5, 5.41) is 6.36. The highest BCUT2D eigenvalue weighted by molar-refractivity contribution is 6.26. The van der Waals surface area contributed by atoms with Crippen molar-refractivity contribution in [1.29, 1.82) is 0 Å². The van der Waals surface area contributed by atoms with E-state index in [0.717, 1.165) is 0 Å². The molecule has 7 aromatic rings. The summed E-state index contributed by atoms with van der Waals surface area (Å²) in [5.41, 5.74) is 8.79. The van der Waals surface area contributed by atoms with Crippen molar-refractivity contribution in [3.63, 3.8) is 0 Å². The van der Waals surface area contributed by atoms with Crippen molar-refractivity contribution in [3.8, 4) is 11.1 Å². The summed E-state index contributed by atoms with van der Waals surface area (Å²) in [6, 6.07) is 24.2. The molecule has 0 bridgehead atoms. The van der Waals surface area contributed by atoms with Gasteiger partial charge in [-0.05, 0) is 47.2 Å². The smallest absolute Gasteiger partial charge is 0.224 e. The largest absolute Gasteiger partial charge is 0.307 e. The maximum Gasteiger partial charge on any atom is 0.224 e. The van der Waals surface area contributed by atoms with E-state index in [1.165, 1.54) is 65.7 Å². The highest BCUT2D eigenvalue weighted by Crippen LogP contribution is 2.41. The van der Waals surface area contributed by atoms with Crippen LogP contribution in [0.2, 0.25) is 0 Å². The number of rotatable bonds is 1. The van der Waals surface area contributed by atoms with Crippen LogP contribution < -0.4 is 4.57 Å². The molecular weight excluding hydrogens is 378 g/mol. The van der Waals surface area contributed by atoms with E-state index in [1.54, 1.807) is 0 Å². The molecule has 31 heavy (non-hydrogen) atoms. The van der Waals surface area contributed by atoms with Gasteiger partial charge in [-0.2, -0.15) is 0 Å². The number of nitrogens with zero attached hydrogens (tertiary/aromatic N) is 3. The molecular formula is C28H20N3+. The van der Waals surface area contributed by atoms with Gasteiger partial charge >= 0.3 is 0 Å². The van der Waals surface area contributed by atoms with E-state index >= 15 is 0 Å². The number of hydrogen-bond acceptors (Lipinski definition) is 1. The fourth-order valence-electron chi connectivity index (χ4n) is 5.36. The zero-order valence-electron chi connectivity index (χ0n) is 17.4. The molecule has 0 unspecified atom stereocenters. The van der Waals surface area contributed by atoms with Gasteiger partial charge in [0.2, 0.25) is 5.52 Å². The highest BCUT2D eigenvalue weighted by Gasteiger charge is 2.24. The Morgan fingerprint density at radius 1 is 0.806 bits per heavy atom. The average Bonchev–Trinajstić information content (AvgIpc) is 3.15. The molecule has 146 valence electrons. The van der Waals surface area contributed by atoms with Crippen molar-refractivity contribution in [3.05, 3.63) is 90.9 Å². The third-order valence-electron chi connectivity index (χ3n) is 6.74. The molecule has 3 nitrogen and oxygen atoms in total. The van der Waals surface area contributed by atoms with E-state index in [1.807, 2.05) is 12.4 Å². The van der Waals surface area contributed by atoms with E-state index < -0.39 is 0 Å². The summed E-state index contributed by atoms with van der Waals surface area (Å²) in [4.78, 5) is 4.45. The number of aromatic nitrogens is 3. The third-order valence-corrected chi connectivity index (χ3v) is 6.74. The molecule has 4 aromatic heterocycles. The van der Waals surface area contributed by atoms with Gasteiger partial charge in [-0.25, -0.2) is 4.57 Å². The molecule has 3 aromatic carbocycles. The van der Waals surface area contributed by atoms with Crippen molar-refractivity contribution in [2.45, 2.75) is 6.92 Å². The Kier molecular flexibility index (Phi) is 3.14. The Balaban J connectivity index is 1.86. The predicted octanol–water partition coefficient (Wildman–Crippen LogP) is 6.18. The van der Waals surface area contributed by atoms with E-state index in [-0.39, 0.29) is 0 Å². The number of fused-ring (bicyclic) bond motifs is 5. The molecule has 0 radical (unpaired) electrons. The van der Waals surface area contributed by atoms with Crippen LogP contribution in [-0.2, 0) is 7.05 Å². The zero-order valence-corrected chi connectivity index (χ0v) is 17.4. The molecule has 4 heterocycles. The molecule has 0 saturated heterocycles. The molecule has 3 heteroatoms. The lowest BCUT2D eigenvalue weighted by molar-refractivity contribution is -0.643.